The molecule has 72 heavy (non-hydrogen) atoms. The van der Waals surface area contributed by atoms with E-state index < -0.39 is 40.4 Å². The van der Waals surface area contributed by atoms with Crippen molar-refractivity contribution < 1.29 is 33.4 Å². The highest BCUT2D eigenvalue weighted by Crippen LogP contribution is 2.42. The number of nitrogens with zero attached hydrogens (tertiary/aromatic N) is 8. The van der Waals surface area contributed by atoms with Crippen LogP contribution in [0.25, 0.3) is 33.4 Å². The molecule has 5 atom stereocenters. The number of likely N-dealkylation sites (N-methyl/N-ethyl adjacent to an activating group) is 3. The standard InChI is InChI=1S/C53H74N10O7SSi/c1-11-62-42-19-17-34-25-38(42)39(47(62)37-16-12-22-54-45(37)33(4)69-10)27-52(5,6)31-70-50(67)53(72)21-14-24-63(57-53)49(66)40(26-43-55-41(34)30-71-43)56-48(65)46(32(2)3)60(9)51(68)59(8)36-28-61(29-36)44(64)20-18-35-15-13-23-58(35)7/h12,16-20,22,25,30,32-33,35-36,40,46,57H,11,13-15,21,23-24,26-29,31H2,1-10,72H3,(H,56,65)/b20-18+/t33-,35-,40-,46-,53-/m0/s1. The Bertz CT molecular complexity index is 2720. The molecular formula is C53H74N10O7SSi. The number of pyridine rings is 1. The first-order valence-electron chi connectivity index (χ1n) is 25.6. The highest BCUT2D eigenvalue weighted by molar-refractivity contribution is 7.10. The molecule has 5 amide bonds. The SMILES string of the molecule is CCn1c(-c2cccnc2[C@H](C)OC)c2c3cc(ccc31)-c1csc(n1)C[C@H](NC(=O)[C@H](C(C)C)N(C)C(=O)N(C)C1CN(C(=O)/C=C/[C@@H]3CCCN3C)C1)C(=O)N1CCC[C@@]([SiH3])(N1)C(=O)OCC(C)(C)C2. The van der Waals surface area contributed by atoms with Gasteiger partial charge in [-0.2, -0.15) is 0 Å². The number of aromatic nitrogens is 3. The van der Waals surface area contributed by atoms with Crippen molar-refractivity contribution in [2.24, 2.45) is 11.3 Å². The summed E-state index contributed by atoms with van der Waals surface area (Å²) in [6.07, 6.45) is 8.99. The summed E-state index contributed by atoms with van der Waals surface area (Å²) in [5.41, 5.74) is 9.43. The predicted molar refractivity (Wildman–Crippen MR) is 283 cm³/mol. The van der Waals surface area contributed by atoms with Crippen molar-refractivity contribution in [3.05, 3.63) is 70.3 Å². The summed E-state index contributed by atoms with van der Waals surface area (Å²) in [5, 5.41) is 7.12. The number of carbonyl (C=O) groups excluding carboxylic acids is 5. The molecule has 19 heteroatoms. The Kier molecular flexibility index (Phi) is 15.8. The Hall–Kier alpha value is -5.47. The third kappa shape index (κ3) is 10.8. The maximum Gasteiger partial charge on any atom is 0.323 e. The average molecular weight is 1020 g/mol. The molecule has 3 fully saturated rings. The second-order valence-electron chi connectivity index (χ2n) is 21.6. The van der Waals surface area contributed by atoms with Crippen LogP contribution in [0.15, 0.2) is 54.1 Å². The molecule has 0 spiro atoms. The minimum Gasteiger partial charge on any atom is -0.464 e. The van der Waals surface area contributed by atoms with E-state index in [1.54, 1.807) is 43.3 Å². The quantitative estimate of drug-likeness (QED) is 0.120. The van der Waals surface area contributed by atoms with Gasteiger partial charge in [-0.15, -0.1) is 11.3 Å². The Labute approximate surface area is 431 Å². The van der Waals surface area contributed by atoms with Crippen molar-refractivity contribution in [3.63, 3.8) is 0 Å². The van der Waals surface area contributed by atoms with Crippen LogP contribution in [-0.4, -0.2) is 169 Å². The molecule has 6 bridgehead atoms. The van der Waals surface area contributed by atoms with E-state index in [9.17, 15) is 24.0 Å². The van der Waals surface area contributed by atoms with E-state index in [0.717, 1.165) is 64.1 Å². The van der Waals surface area contributed by atoms with Crippen molar-refractivity contribution in [2.75, 3.05) is 61.0 Å². The number of likely N-dealkylation sites (tertiary alicyclic amines) is 2. The van der Waals surface area contributed by atoms with Gasteiger partial charge in [-0.1, -0.05) is 39.8 Å². The van der Waals surface area contributed by atoms with Crippen molar-refractivity contribution >= 4 is 62.2 Å². The fraction of sp³-hybridized carbons (Fsp3) is 0.566. The number of hydrogen-bond donors (Lipinski definition) is 2. The molecule has 3 aromatic heterocycles. The molecule has 388 valence electrons. The maximum atomic E-state index is 14.9. The van der Waals surface area contributed by atoms with Crippen LogP contribution in [0.5, 0.6) is 0 Å². The van der Waals surface area contributed by atoms with Crippen molar-refractivity contribution in [2.45, 2.75) is 122 Å². The van der Waals surface area contributed by atoms with Gasteiger partial charge in [0.05, 0.1) is 40.8 Å². The van der Waals surface area contributed by atoms with Crippen LogP contribution in [0.3, 0.4) is 0 Å². The highest BCUT2D eigenvalue weighted by atomic mass is 32.1. The molecule has 0 aliphatic carbocycles. The van der Waals surface area contributed by atoms with Crippen LogP contribution < -0.4 is 10.7 Å². The van der Waals surface area contributed by atoms with E-state index in [1.165, 1.54) is 21.2 Å². The zero-order chi connectivity index (χ0) is 51.8. The molecule has 0 saturated carbocycles. The summed E-state index contributed by atoms with van der Waals surface area (Å²) in [7, 11) is 7.40. The number of fused-ring (bicyclic) bond motifs is 6. The van der Waals surface area contributed by atoms with Gasteiger partial charge in [-0.05, 0) is 95.3 Å². The van der Waals surface area contributed by atoms with Crippen LogP contribution in [0.4, 0.5) is 4.79 Å². The lowest BCUT2D eigenvalue weighted by Gasteiger charge is -2.45. The molecule has 0 unspecified atom stereocenters. The van der Waals surface area contributed by atoms with E-state index in [4.69, 9.17) is 19.4 Å². The van der Waals surface area contributed by atoms with Gasteiger partial charge < -0.3 is 34.1 Å². The number of hydrazine groups is 1. The third-order valence-corrected chi connectivity index (χ3v) is 17.2. The van der Waals surface area contributed by atoms with Gasteiger partial charge in [0.15, 0.2) is 0 Å². The number of nitrogens with one attached hydrogen (secondary N) is 2. The van der Waals surface area contributed by atoms with Crippen LogP contribution in [0.1, 0.15) is 89.6 Å². The lowest BCUT2D eigenvalue weighted by molar-refractivity contribution is -0.158. The summed E-state index contributed by atoms with van der Waals surface area (Å²) < 4.78 is 14.4. The molecule has 17 nitrogen and oxygen atoms in total. The number of aryl methyl sites for hydroxylation is 1. The molecule has 1 aromatic carbocycles. The second-order valence-corrected chi connectivity index (χ2v) is 24.3. The molecule has 7 heterocycles. The van der Waals surface area contributed by atoms with E-state index in [1.807, 2.05) is 38.3 Å². The molecule has 4 aromatic rings. The molecule has 4 aliphatic rings. The molecular weight excluding hydrogens is 949 g/mol. The maximum absolute atomic E-state index is 14.9. The van der Waals surface area contributed by atoms with Crippen LogP contribution in [0, 0.1) is 11.3 Å². The van der Waals surface area contributed by atoms with Gasteiger partial charge in [0.1, 0.15) is 17.2 Å². The lowest BCUT2D eigenvalue weighted by Crippen LogP contribution is -2.68. The van der Waals surface area contributed by atoms with Gasteiger partial charge in [0.2, 0.25) is 11.8 Å². The van der Waals surface area contributed by atoms with Crippen LogP contribution in [0.2, 0.25) is 0 Å². The lowest BCUT2D eigenvalue weighted by atomic mass is 9.84. The summed E-state index contributed by atoms with van der Waals surface area (Å²) in [6, 6.07) is 8.09. The first-order valence-corrected chi connectivity index (χ1v) is 27.4. The number of esters is 1. The number of cyclic esters (lactones) is 1. The summed E-state index contributed by atoms with van der Waals surface area (Å²) in [6.45, 7) is 15.0. The first kappa shape index (κ1) is 52.8. The van der Waals surface area contributed by atoms with E-state index in [2.05, 4.69) is 72.3 Å². The van der Waals surface area contributed by atoms with Crippen molar-refractivity contribution in [1.29, 1.82) is 0 Å². The number of rotatable bonds is 11. The van der Waals surface area contributed by atoms with Crippen LogP contribution >= 0.6 is 11.3 Å². The van der Waals surface area contributed by atoms with Gasteiger partial charge in [-0.3, -0.25) is 34.1 Å². The summed E-state index contributed by atoms with van der Waals surface area (Å²) in [5.74, 6) is -1.71. The summed E-state index contributed by atoms with van der Waals surface area (Å²) >= 11 is 1.42. The minimum absolute atomic E-state index is 0.0747. The normalized spacial score (nSPS) is 23.0. The first-order chi connectivity index (χ1) is 34.2. The number of amides is 5. The minimum atomic E-state index is -1.10. The van der Waals surface area contributed by atoms with Gasteiger partial charge in [-0.25, -0.2) is 15.2 Å². The molecule has 3 saturated heterocycles. The number of carbonyl (C=O) groups is 5. The topological polar surface area (TPSA) is 175 Å². The average Bonchev–Trinajstić information content (AvgIpc) is 4.07. The van der Waals surface area contributed by atoms with E-state index >= 15 is 0 Å². The van der Waals surface area contributed by atoms with Crippen molar-refractivity contribution in [1.82, 2.24) is 49.9 Å². The monoisotopic (exact) mass is 1020 g/mol. The van der Waals surface area contributed by atoms with E-state index in [0.29, 0.717) is 60.7 Å². The number of ether oxygens (including phenoxy) is 2. The third-order valence-electron chi connectivity index (χ3n) is 15.2. The van der Waals surface area contributed by atoms with E-state index in [-0.39, 0.29) is 49.1 Å². The molecule has 2 N–H and O–H groups in total. The Morgan fingerprint density at radius 1 is 1.11 bits per heavy atom. The number of methoxy groups -OCH3 is 1. The fourth-order valence-corrected chi connectivity index (χ4v) is 12.5. The molecule has 0 radical (unpaired) electrons. The Morgan fingerprint density at radius 3 is 2.57 bits per heavy atom. The Morgan fingerprint density at radius 2 is 1.88 bits per heavy atom. The zero-order valence-electron chi connectivity index (χ0n) is 44.0. The largest absolute Gasteiger partial charge is 0.464 e. The van der Waals surface area contributed by atoms with Gasteiger partial charge in [0.25, 0.3) is 5.91 Å². The number of urea groups is 1. The second kappa shape index (κ2) is 21.5. The highest BCUT2D eigenvalue weighted by Gasteiger charge is 2.44. The van der Waals surface area contributed by atoms with Crippen molar-refractivity contribution in [3.8, 4) is 22.5 Å². The number of hydrogen-bond acceptors (Lipinski definition) is 12. The predicted octanol–water partition coefficient (Wildman–Crippen LogP) is 4.77. The van der Waals surface area contributed by atoms with Gasteiger partial charge >= 0.3 is 12.0 Å². The smallest absolute Gasteiger partial charge is 0.323 e. The number of thiazole rings is 1. The van der Waals surface area contributed by atoms with Gasteiger partial charge in [0, 0.05) is 115 Å². The fourth-order valence-electron chi connectivity index (χ4n) is 10.9. The Balaban J connectivity index is 1.09. The molecule has 8 rings (SSSR count). The molecule has 4 aliphatic heterocycles. The van der Waals surface area contributed by atoms with Crippen LogP contribution in [-0.2, 0) is 48.0 Å². The summed E-state index contributed by atoms with van der Waals surface area (Å²) in [4.78, 5) is 87.9. The zero-order valence-corrected chi connectivity index (χ0v) is 46.8. The number of benzene rings is 1.